The Balaban J connectivity index is 2.14. The van der Waals surface area contributed by atoms with Crippen molar-refractivity contribution >= 4 is 17.2 Å². The van der Waals surface area contributed by atoms with Crippen LogP contribution in [0.25, 0.3) is 0 Å². The number of nitrogens with one attached hydrogen (secondary N) is 1. The van der Waals surface area contributed by atoms with Crippen molar-refractivity contribution in [3.05, 3.63) is 52.5 Å². The molecule has 3 nitrogen and oxygen atoms in total. The molecule has 2 rings (SSSR count). The summed E-state index contributed by atoms with van der Waals surface area (Å²) in [5, 5.41) is 5.01. The van der Waals surface area contributed by atoms with E-state index in [1.165, 1.54) is 0 Å². The summed E-state index contributed by atoms with van der Waals surface area (Å²) in [4.78, 5) is 17.1. The minimum absolute atomic E-state index is 0.100. The van der Waals surface area contributed by atoms with Crippen molar-refractivity contribution in [2.75, 3.05) is 0 Å². The molecule has 0 saturated heterocycles. The molecule has 0 radical (unpaired) electrons. The van der Waals surface area contributed by atoms with Gasteiger partial charge in [0.15, 0.2) is 0 Å². The van der Waals surface area contributed by atoms with E-state index in [0.29, 0.717) is 5.56 Å². The van der Waals surface area contributed by atoms with Crippen molar-refractivity contribution in [3.63, 3.8) is 0 Å². The summed E-state index contributed by atoms with van der Waals surface area (Å²) >= 11 is 1.64. The predicted molar refractivity (Wildman–Crippen MR) is 69.0 cm³/mol. The Morgan fingerprint density at radius 3 is 2.76 bits per heavy atom. The van der Waals surface area contributed by atoms with Gasteiger partial charge in [-0.25, -0.2) is 0 Å². The first-order chi connectivity index (χ1) is 8.09. The Labute approximate surface area is 105 Å². The number of hydrogen-bond acceptors (Lipinski definition) is 3. The third-order valence-corrected chi connectivity index (χ3v) is 3.68. The van der Waals surface area contributed by atoms with E-state index in [1.807, 2.05) is 31.4 Å². The average molecular weight is 246 g/mol. The van der Waals surface area contributed by atoms with Crippen LogP contribution in [0, 0.1) is 0 Å². The number of nitrogens with zero attached hydrogens (tertiary/aromatic N) is 1. The van der Waals surface area contributed by atoms with Gasteiger partial charge in [0.2, 0.25) is 0 Å². The molecule has 2 aromatic rings. The van der Waals surface area contributed by atoms with Gasteiger partial charge >= 0.3 is 0 Å². The van der Waals surface area contributed by atoms with E-state index in [2.05, 4.69) is 10.3 Å². The number of carbonyl (C=O) groups is 1. The lowest BCUT2D eigenvalue weighted by atomic mass is 10.0. The summed E-state index contributed by atoms with van der Waals surface area (Å²) in [5.41, 5.74) is 0.221. The molecule has 0 atom stereocenters. The molecular formula is C13H14N2OS. The zero-order chi connectivity index (χ0) is 12.3. The number of carbonyl (C=O) groups excluding carboxylic acids is 1. The van der Waals surface area contributed by atoms with Crippen molar-refractivity contribution in [1.82, 2.24) is 10.3 Å². The third kappa shape index (κ3) is 2.71. The molecule has 0 aliphatic carbocycles. The lowest BCUT2D eigenvalue weighted by Gasteiger charge is -2.25. The highest BCUT2D eigenvalue weighted by molar-refractivity contribution is 7.10. The van der Waals surface area contributed by atoms with Crippen LogP contribution in [-0.2, 0) is 5.54 Å². The van der Waals surface area contributed by atoms with Crippen molar-refractivity contribution < 1.29 is 4.79 Å². The zero-order valence-corrected chi connectivity index (χ0v) is 10.6. The van der Waals surface area contributed by atoms with Gasteiger partial charge in [-0.2, -0.15) is 0 Å². The SMILES string of the molecule is CC(C)(NC(=O)c1cccnc1)c1cccs1. The smallest absolute Gasteiger partial charge is 0.253 e. The van der Waals surface area contributed by atoms with E-state index < -0.39 is 0 Å². The predicted octanol–water partition coefficient (Wildman–Crippen LogP) is 2.81. The zero-order valence-electron chi connectivity index (χ0n) is 9.81. The normalized spacial score (nSPS) is 11.2. The van der Waals surface area contributed by atoms with Crippen molar-refractivity contribution in [1.29, 1.82) is 0 Å². The molecule has 0 aliphatic heterocycles. The van der Waals surface area contributed by atoms with Crippen LogP contribution in [0.5, 0.6) is 0 Å². The summed E-state index contributed by atoms with van der Waals surface area (Å²) in [6.45, 7) is 3.99. The van der Waals surface area contributed by atoms with Gasteiger partial charge < -0.3 is 5.32 Å². The Morgan fingerprint density at radius 1 is 1.35 bits per heavy atom. The highest BCUT2D eigenvalue weighted by Crippen LogP contribution is 2.24. The van der Waals surface area contributed by atoms with E-state index in [0.717, 1.165) is 4.88 Å². The second-order valence-electron chi connectivity index (χ2n) is 4.30. The molecule has 1 amide bonds. The van der Waals surface area contributed by atoms with Gasteiger partial charge in [-0.15, -0.1) is 11.3 Å². The average Bonchev–Trinajstić information content (AvgIpc) is 2.84. The van der Waals surface area contributed by atoms with Crippen molar-refractivity contribution in [2.45, 2.75) is 19.4 Å². The minimum Gasteiger partial charge on any atom is -0.342 e. The maximum Gasteiger partial charge on any atom is 0.253 e. The van der Waals surface area contributed by atoms with Gasteiger partial charge in [0, 0.05) is 17.3 Å². The molecule has 1 N–H and O–H groups in total. The molecule has 2 aromatic heterocycles. The van der Waals surface area contributed by atoms with Crippen LogP contribution < -0.4 is 5.32 Å². The van der Waals surface area contributed by atoms with Crippen LogP contribution in [0.1, 0.15) is 29.1 Å². The monoisotopic (exact) mass is 246 g/mol. The van der Waals surface area contributed by atoms with Gasteiger partial charge in [0.1, 0.15) is 0 Å². The molecule has 0 fully saturated rings. The maximum absolute atomic E-state index is 12.0. The van der Waals surface area contributed by atoms with Gasteiger partial charge in [-0.05, 0) is 37.4 Å². The lowest BCUT2D eigenvalue weighted by Crippen LogP contribution is -2.40. The Hall–Kier alpha value is -1.68. The van der Waals surface area contributed by atoms with Crippen LogP contribution in [-0.4, -0.2) is 10.9 Å². The van der Waals surface area contributed by atoms with Gasteiger partial charge in [0.25, 0.3) is 5.91 Å². The standard InChI is InChI=1S/C13H14N2OS/c1-13(2,11-6-4-8-17-11)15-12(16)10-5-3-7-14-9-10/h3-9H,1-2H3,(H,15,16). The van der Waals surface area contributed by atoms with E-state index in [9.17, 15) is 4.79 Å². The van der Waals surface area contributed by atoms with E-state index in [-0.39, 0.29) is 11.4 Å². The Morgan fingerprint density at radius 2 is 2.18 bits per heavy atom. The summed E-state index contributed by atoms with van der Waals surface area (Å²) in [6.07, 6.45) is 3.22. The lowest BCUT2D eigenvalue weighted by molar-refractivity contribution is 0.0913. The van der Waals surface area contributed by atoms with Crippen LogP contribution >= 0.6 is 11.3 Å². The van der Waals surface area contributed by atoms with Gasteiger partial charge in [-0.1, -0.05) is 6.07 Å². The molecule has 0 aliphatic rings. The Kier molecular flexibility index (Phi) is 3.24. The van der Waals surface area contributed by atoms with E-state index >= 15 is 0 Å². The van der Waals surface area contributed by atoms with Crippen molar-refractivity contribution in [3.8, 4) is 0 Å². The summed E-state index contributed by atoms with van der Waals surface area (Å²) < 4.78 is 0. The quantitative estimate of drug-likeness (QED) is 0.904. The number of rotatable bonds is 3. The molecular weight excluding hydrogens is 232 g/mol. The van der Waals surface area contributed by atoms with Gasteiger partial charge in [0.05, 0.1) is 11.1 Å². The van der Waals surface area contributed by atoms with Crippen LogP contribution in [0.3, 0.4) is 0 Å². The molecule has 4 heteroatoms. The first-order valence-corrected chi connectivity index (χ1v) is 6.24. The highest BCUT2D eigenvalue weighted by Gasteiger charge is 2.24. The summed E-state index contributed by atoms with van der Waals surface area (Å²) in [7, 11) is 0. The molecule has 0 aromatic carbocycles. The largest absolute Gasteiger partial charge is 0.342 e. The topological polar surface area (TPSA) is 42.0 Å². The number of aromatic nitrogens is 1. The molecule has 2 heterocycles. The van der Waals surface area contributed by atoms with Crippen LogP contribution in [0.4, 0.5) is 0 Å². The summed E-state index contributed by atoms with van der Waals surface area (Å²) in [5.74, 6) is -0.100. The number of thiophene rings is 1. The maximum atomic E-state index is 12.0. The fourth-order valence-electron chi connectivity index (χ4n) is 1.55. The highest BCUT2D eigenvalue weighted by atomic mass is 32.1. The first kappa shape index (κ1) is 11.8. The van der Waals surface area contributed by atoms with Crippen molar-refractivity contribution in [2.24, 2.45) is 0 Å². The Bertz CT molecular complexity index is 491. The molecule has 17 heavy (non-hydrogen) atoms. The first-order valence-electron chi connectivity index (χ1n) is 5.36. The fourth-order valence-corrected chi connectivity index (χ4v) is 2.36. The second-order valence-corrected chi connectivity index (χ2v) is 5.25. The summed E-state index contributed by atoms with van der Waals surface area (Å²) in [6, 6.07) is 7.52. The molecule has 0 unspecified atom stereocenters. The second kappa shape index (κ2) is 4.67. The number of hydrogen-bond donors (Lipinski definition) is 1. The van der Waals surface area contributed by atoms with Gasteiger partial charge in [-0.3, -0.25) is 9.78 Å². The molecule has 88 valence electrons. The van der Waals surface area contributed by atoms with E-state index in [1.54, 1.807) is 35.9 Å². The van der Waals surface area contributed by atoms with Crippen LogP contribution in [0.2, 0.25) is 0 Å². The van der Waals surface area contributed by atoms with E-state index in [4.69, 9.17) is 0 Å². The molecule has 0 bridgehead atoms. The van der Waals surface area contributed by atoms with Crippen LogP contribution in [0.15, 0.2) is 42.0 Å². The molecule has 0 spiro atoms. The number of pyridine rings is 1. The number of amides is 1. The fraction of sp³-hybridized carbons (Fsp3) is 0.231. The third-order valence-electron chi connectivity index (χ3n) is 2.49. The minimum atomic E-state index is -0.360. The molecule has 0 saturated carbocycles.